The maximum absolute atomic E-state index is 12.4. The molecule has 0 aromatic heterocycles. The zero-order valence-corrected chi connectivity index (χ0v) is 16.9. The smallest absolute Gasteiger partial charge is 0.329 e. The van der Waals surface area contributed by atoms with Crippen molar-refractivity contribution in [2.75, 3.05) is 11.9 Å². The van der Waals surface area contributed by atoms with Gasteiger partial charge in [-0.3, -0.25) is 4.79 Å². The van der Waals surface area contributed by atoms with Crippen LogP contribution in [0.5, 0.6) is 0 Å². The van der Waals surface area contributed by atoms with Crippen LogP contribution in [-0.2, 0) is 14.3 Å². The van der Waals surface area contributed by atoms with Gasteiger partial charge >= 0.3 is 12.0 Å². The van der Waals surface area contributed by atoms with Crippen LogP contribution in [0.2, 0.25) is 0 Å². The van der Waals surface area contributed by atoms with Gasteiger partial charge in [0.15, 0.2) is 6.61 Å². The number of urea groups is 1. The van der Waals surface area contributed by atoms with Gasteiger partial charge in [0.05, 0.1) is 0 Å². The van der Waals surface area contributed by atoms with E-state index in [4.69, 9.17) is 4.74 Å². The number of carbonyl (C=O) groups excluding carboxylic acids is 3. The molecular formula is C21H31N3O4. The maximum Gasteiger partial charge on any atom is 0.329 e. The van der Waals surface area contributed by atoms with E-state index < -0.39 is 18.0 Å². The number of rotatable bonds is 7. The third-order valence-electron chi connectivity index (χ3n) is 5.04. The number of anilines is 1. The molecule has 3 atom stereocenters. The summed E-state index contributed by atoms with van der Waals surface area (Å²) in [5.41, 5.74) is 0.622. The molecule has 0 radical (unpaired) electrons. The van der Waals surface area contributed by atoms with Crippen LogP contribution >= 0.6 is 0 Å². The molecule has 3 N–H and O–H groups in total. The lowest BCUT2D eigenvalue weighted by Gasteiger charge is -2.29. The topological polar surface area (TPSA) is 96.5 Å². The summed E-state index contributed by atoms with van der Waals surface area (Å²) in [6.07, 6.45) is 4.34. The first-order valence-electron chi connectivity index (χ1n) is 9.95. The van der Waals surface area contributed by atoms with Crippen molar-refractivity contribution in [2.24, 2.45) is 11.8 Å². The summed E-state index contributed by atoms with van der Waals surface area (Å²) >= 11 is 0. The van der Waals surface area contributed by atoms with E-state index in [9.17, 15) is 14.4 Å². The van der Waals surface area contributed by atoms with E-state index in [1.54, 1.807) is 38.1 Å². The average molecular weight is 389 g/mol. The van der Waals surface area contributed by atoms with E-state index in [1.807, 2.05) is 6.07 Å². The molecule has 1 aliphatic carbocycles. The minimum Gasteiger partial charge on any atom is -0.454 e. The molecule has 0 unspecified atom stereocenters. The molecule has 2 rings (SSSR count). The number of hydrogen-bond acceptors (Lipinski definition) is 4. The van der Waals surface area contributed by atoms with Crippen molar-refractivity contribution in [3.8, 4) is 0 Å². The van der Waals surface area contributed by atoms with Crippen LogP contribution in [0.4, 0.5) is 10.5 Å². The van der Waals surface area contributed by atoms with Crippen LogP contribution < -0.4 is 16.0 Å². The predicted molar refractivity (Wildman–Crippen MR) is 108 cm³/mol. The van der Waals surface area contributed by atoms with Crippen molar-refractivity contribution in [2.45, 2.75) is 58.5 Å². The number of carbonyl (C=O) groups is 3. The molecule has 7 nitrogen and oxygen atoms in total. The predicted octanol–water partition coefficient (Wildman–Crippen LogP) is 3.07. The van der Waals surface area contributed by atoms with Crippen LogP contribution in [0.15, 0.2) is 30.3 Å². The fourth-order valence-electron chi connectivity index (χ4n) is 3.33. The van der Waals surface area contributed by atoms with Gasteiger partial charge in [-0.05, 0) is 36.8 Å². The number of para-hydroxylation sites is 1. The average Bonchev–Trinajstić information content (AvgIpc) is 2.66. The lowest BCUT2D eigenvalue weighted by atomic mass is 9.86. The van der Waals surface area contributed by atoms with Crippen molar-refractivity contribution < 1.29 is 19.1 Å². The Morgan fingerprint density at radius 1 is 1.11 bits per heavy atom. The third-order valence-corrected chi connectivity index (χ3v) is 5.04. The summed E-state index contributed by atoms with van der Waals surface area (Å²) < 4.78 is 5.16. The summed E-state index contributed by atoms with van der Waals surface area (Å²) in [6.45, 7) is 5.39. The molecule has 0 heterocycles. The SMILES string of the molecule is CC(C)[C@@H](NC(=O)Nc1ccccc1)C(=O)OCC(=O)N[C@H]1CCCC[C@H]1C. The fraction of sp³-hybridized carbons (Fsp3) is 0.571. The molecule has 7 heteroatoms. The van der Waals surface area contributed by atoms with E-state index in [0.29, 0.717) is 11.6 Å². The second kappa shape index (κ2) is 10.7. The number of hydrogen-bond donors (Lipinski definition) is 3. The Hall–Kier alpha value is -2.57. The van der Waals surface area contributed by atoms with Gasteiger partial charge in [0, 0.05) is 11.7 Å². The second-order valence-corrected chi connectivity index (χ2v) is 7.73. The van der Waals surface area contributed by atoms with E-state index in [1.165, 1.54) is 6.42 Å². The van der Waals surface area contributed by atoms with Gasteiger partial charge in [-0.2, -0.15) is 0 Å². The van der Waals surface area contributed by atoms with E-state index in [2.05, 4.69) is 22.9 Å². The first-order chi connectivity index (χ1) is 13.4. The van der Waals surface area contributed by atoms with Gasteiger partial charge in [0.25, 0.3) is 5.91 Å². The Morgan fingerprint density at radius 2 is 1.79 bits per heavy atom. The molecule has 1 aliphatic rings. The van der Waals surface area contributed by atoms with Gasteiger partial charge in [-0.25, -0.2) is 9.59 Å². The summed E-state index contributed by atoms with van der Waals surface area (Å²) in [5, 5.41) is 8.24. The highest BCUT2D eigenvalue weighted by atomic mass is 16.5. The number of benzene rings is 1. The lowest BCUT2D eigenvalue weighted by Crippen LogP contribution is -2.48. The Balaban J connectivity index is 1.81. The summed E-state index contributed by atoms with van der Waals surface area (Å²) in [7, 11) is 0. The minimum atomic E-state index is -0.842. The first-order valence-corrected chi connectivity index (χ1v) is 9.95. The van der Waals surface area contributed by atoms with Gasteiger partial charge in [-0.15, -0.1) is 0 Å². The highest BCUT2D eigenvalue weighted by Gasteiger charge is 2.27. The van der Waals surface area contributed by atoms with Crippen molar-refractivity contribution in [1.29, 1.82) is 0 Å². The third kappa shape index (κ3) is 6.87. The summed E-state index contributed by atoms with van der Waals surface area (Å²) in [6, 6.07) is 7.74. The number of nitrogens with one attached hydrogen (secondary N) is 3. The second-order valence-electron chi connectivity index (χ2n) is 7.73. The Kier molecular flexibility index (Phi) is 8.29. The Morgan fingerprint density at radius 3 is 2.43 bits per heavy atom. The molecule has 1 aromatic carbocycles. The molecule has 0 bridgehead atoms. The lowest BCUT2D eigenvalue weighted by molar-refractivity contribution is -0.151. The van der Waals surface area contributed by atoms with Gasteiger partial charge in [0.1, 0.15) is 6.04 Å². The van der Waals surface area contributed by atoms with Crippen LogP contribution in [0.25, 0.3) is 0 Å². The van der Waals surface area contributed by atoms with E-state index in [0.717, 1.165) is 19.3 Å². The molecule has 0 spiro atoms. The van der Waals surface area contributed by atoms with Gasteiger partial charge in [0.2, 0.25) is 0 Å². The Labute approximate surface area is 166 Å². The molecule has 0 aliphatic heterocycles. The minimum absolute atomic E-state index is 0.135. The highest BCUT2D eigenvalue weighted by Crippen LogP contribution is 2.23. The van der Waals surface area contributed by atoms with Crippen LogP contribution in [0.3, 0.4) is 0 Å². The van der Waals surface area contributed by atoms with Gasteiger partial charge < -0.3 is 20.7 Å². The summed E-state index contributed by atoms with van der Waals surface area (Å²) in [4.78, 5) is 36.7. The Bertz CT molecular complexity index is 663. The van der Waals surface area contributed by atoms with Crippen molar-refractivity contribution in [1.82, 2.24) is 10.6 Å². The first kappa shape index (κ1) is 21.7. The number of ether oxygens (including phenoxy) is 1. The van der Waals surface area contributed by atoms with Crippen LogP contribution in [0, 0.1) is 11.8 Å². The van der Waals surface area contributed by atoms with Crippen molar-refractivity contribution >= 4 is 23.6 Å². The monoisotopic (exact) mass is 389 g/mol. The summed E-state index contributed by atoms with van der Waals surface area (Å²) in [5.74, 6) is -0.677. The van der Waals surface area contributed by atoms with Crippen LogP contribution in [0.1, 0.15) is 46.5 Å². The molecule has 28 heavy (non-hydrogen) atoms. The van der Waals surface area contributed by atoms with E-state index >= 15 is 0 Å². The molecule has 3 amide bonds. The maximum atomic E-state index is 12.4. The largest absolute Gasteiger partial charge is 0.454 e. The number of esters is 1. The van der Waals surface area contributed by atoms with Crippen LogP contribution in [-0.4, -0.2) is 36.6 Å². The van der Waals surface area contributed by atoms with Gasteiger partial charge in [-0.1, -0.05) is 51.8 Å². The normalized spacial score (nSPS) is 20.1. The fourth-order valence-corrected chi connectivity index (χ4v) is 3.33. The van der Waals surface area contributed by atoms with E-state index in [-0.39, 0.29) is 24.5 Å². The van der Waals surface area contributed by atoms with Crippen molar-refractivity contribution in [3.63, 3.8) is 0 Å². The number of amides is 3. The highest BCUT2D eigenvalue weighted by molar-refractivity contribution is 5.93. The van der Waals surface area contributed by atoms with Crippen molar-refractivity contribution in [3.05, 3.63) is 30.3 Å². The molecule has 0 saturated heterocycles. The zero-order valence-electron chi connectivity index (χ0n) is 16.9. The molecule has 1 fully saturated rings. The quantitative estimate of drug-likeness (QED) is 0.625. The standard InChI is InChI=1S/C21H31N3O4/c1-14(2)19(24-21(27)22-16-10-5-4-6-11-16)20(26)28-13-18(25)23-17-12-8-7-9-15(17)3/h4-6,10-11,14-15,17,19H,7-9,12-13H2,1-3H3,(H,23,25)(H2,22,24,27)/t15-,17+,19-/m1/s1. The molecule has 1 saturated carbocycles. The molecule has 1 aromatic rings. The zero-order chi connectivity index (χ0) is 20.5. The molecular weight excluding hydrogens is 358 g/mol. The molecule has 154 valence electrons.